The number of hydrogen-bond donors (Lipinski definition) is 2. The number of anilines is 1. The first-order valence-corrected chi connectivity index (χ1v) is 8.13. The number of nitrogens with zero attached hydrogens (tertiary/aromatic N) is 2. The first-order valence-electron chi connectivity index (χ1n) is 8.13. The van der Waals surface area contributed by atoms with Gasteiger partial charge in [0, 0.05) is 36.8 Å². The Balaban J connectivity index is 0.00000312. The number of aliphatic imine (C=N–C) groups is 1. The van der Waals surface area contributed by atoms with E-state index in [1.807, 2.05) is 31.3 Å². The Morgan fingerprint density at radius 3 is 2.28 bits per heavy atom. The number of ether oxygens (including phenoxy) is 1. The molecule has 1 amide bonds. The molecule has 2 rings (SSSR count). The highest BCUT2D eigenvalue weighted by atomic mass is 127. The summed E-state index contributed by atoms with van der Waals surface area (Å²) in [6.07, 6.45) is -0.469. The minimum Gasteiger partial charge on any atom is -0.453 e. The Kier molecular flexibility index (Phi) is 7.10. The number of guanidine groups is 1. The molecule has 1 saturated heterocycles. The molecule has 1 fully saturated rings. The first kappa shape index (κ1) is 21.5. The van der Waals surface area contributed by atoms with Crippen LogP contribution in [0.3, 0.4) is 0 Å². The first-order chi connectivity index (χ1) is 11.2. The number of carbonyl (C=O) groups is 1. The zero-order valence-corrected chi connectivity index (χ0v) is 18.2. The Labute approximate surface area is 167 Å². The van der Waals surface area contributed by atoms with Gasteiger partial charge in [0.15, 0.2) is 5.96 Å². The van der Waals surface area contributed by atoms with Gasteiger partial charge in [0.25, 0.3) is 0 Å². The largest absolute Gasteiger partial charge is 0.453 e. The van der Waals surface area contributed by atoms with Gasteiger partial charge in [-0.1, -0.05) is 26.0 Å². The molecule has 0 spiro atoms. The third-order valence-electron chi connectivity index (χ3n) is 5.19. The highest BCUT2D eigenvalue weighted by Gasteiger charge is 2.53. The highest BCUT2D eigenvalue weighted by molar-refractivity contribution is 14.0. The number of carbonyl (C=O) groups excluding carboxylic acids is 1. The van der Waals surface area contributed by atoms with Gasteiger partial charge in [0.1, 0.15) is 0 Å². The summed E-state index contributed by atoms with van der Waals surface area (Å²) >= 11 is 0. The fourth-order valence-corrected chi connectivity index (χ4v) is 2.75. The minimum absolute atomic E-state index is 0. The van der Waals surface area contributed by atoms with Crippen LogP contribution in [0, 0.1) is 5.41 Å². The van der Waals surface area contributed by atoms with Gasteiger partial charge in [-0.05, 0) is 31.5 Å². The number of amides is 1. The molecule has 0 atom stereocenters. The van der Waals surface area contributed by atoms with Crippen molar-refractivity contribution in [1.82, 2.24) is 10.2 Å². The lowest BCUT2D eigenvalue weighted by molar-refractivity contribution is -0.0667. The second-order valence-electron chi connectivity index (χ2n) is 7.24. The van der Waals surface area contributed by atoms with Crippen LogP contribution < -0.4 is 10.6 Å². The summed E-state index contributed by atoms with van der Waals surface area (Å²) in [6, 6.07) is 7.65. The van der Waals surface area contributed by atoms with Crippen molar-refractivity contribution < 1.29 is 9.53 Å². The lowest BCUT2D eigenvalue weighted by Gasteiger charge is -2.62. The maximum absolute atomic E-state index is 11.2. The number of hydrogen-bond acceptors (Lipinski definition) is 3. The van der Waals surface area contributed by atoms with E-state index in [4.69, 9.17) is 0 Å². The van der Waals surface area contributed by atoms with E-state index >= 15 is 0 Å². The Hall–Kier alpha value is -1.51. The van der Waals surface area contributed by atoms with Gasteiger partial charge >= 0.3 is 6.09 Å². The molecule has 6 nitrogen and oxygen atoms in total. The van der Waals surface area contributed by atoms with Crippen molar-refractivity contribution in [2.75, 3.05) is 26.0 Å². The molecule has 1 aromatic rings. The van der Waals surface area contributed by atoms with E-state index in [0.717, 1.165) is 18.1 Å². The monoisotopic (exact) mass is 460 g/mol. The average molecular weight is 460 g/mol. The van der Waals surface area contributed by atoms with Crippen LogP contribution >= 0.6 is 24.0 Å². The van der Waals surface area contributed by atoms with Crippen LogP contribution in [0.1, 0.15) is 33.3 Å². The Bertz CT molecular complexity index is 626. The van der Waals surface area contributed by atoms with E-state index in [0.29, 0.717) is 12.2 Å². The van der Waals surface area contributed by atoms with Crippen LogP contribution in [0.2, 0.25) is 0 Å². The molecule has 1 heterocycles. The Morgan fingerprint density at radius 2 is 1.84 bits per heavy atom. The van der Waals surface area contributed by atoms with E-state index < -0.39 is 6.09 Å². The number of likely N-dealkylation sites (tertiary alicyclic amines) is 1. The van der Waals surface area contributed by atoms with E-state index in [2.05, 4.69) is 53.0 Å². The lowest BCUT2D eigenvalue weighted by Crippen LogP contribution is -2.72. The predicted octanol–water partition coefficient (Wildman–Crippen LogP) is 3.68. The van der Waals surface area contributed by atoms with Crippen molar-refractivity contribution in [2.24, 2.45) is 10.4 Å². The third-order valence-corrected chi connectivity index (χ3v) is 5.19. The Morgan fingerprint density at radius 1 is 1.24 bits per heavy atom. The molecule has 0 bridgehead atoms. The van der Waals surface area contributed by atoms with Crippen molar-refractivity contribution in [3.05, 3.63) is 29.8 Å². The van der Waals surface area contributed by atoms with Crippen LogP contribution in [0.15, 0.2) is 29.3 Å². The highest BCUT2D eigenvalue weighted by Crippen LogP contribution is 2.46. The average Bonchev–Trinajstić information content (AvgIpc) is 2.55. The van der Waals surface area contributed by atoms with Gasteiger partial charge in [-0.25, -0.2) is 4.79 Å². The van der Waals surface area contributed by atoms with Gasteiger partial charge < -0.3 is 15.0 Å². The van der Waals surface area contributed by atoms with Crippen molar-refractivity contribution in [3.63, 3.8) is 0 Å². The normalized spacial score (nSPS) is 17.8. The minimum atomic E-state index is -0.469. The van der Waals surface area contributed by atoms with E-state index in [-0.39, 0.29) is 34.9 Å². The zero-order valence-electron chi connectivity index (χ0n) is 15.8. The van der Waals surface area contributed by atoms with Crippen molar-refractivity contribution in [1.29, 1.82) is 0 Å². The molecule has 1 aliphatic rings. The third kappa shape index (κ3) is 4.56. The summed E-state index contributed by atoms with van der Waals surface area (Å²) < 4.78 is 4.58. The SMILES string of the molecule is CN=C(NCc1ccc(NC(=O)OC)cc1)N1CC(C)(C)C1(C)C.I. The molecular weight excluding hydrogens is 431 g/mol. The van der Waals surface area contributed by atoms with Crippen LogP contribution in [0.25, 0.3) is 0 Å². The van der Waals surface area contributed by atoms with Gasteiger partial charge in [-0.15, -0.1) is 24.0 Å². The quantitative estimate of drug-likeness (QED) is 0.411. The molecule has 0 radical (unpaired) electrons. The molecule has 140 valence electrons. The van der Waals surface area contributed by atoms with Crippen LogP contribution in [0.4, 0.5) is 10.5 Å². The molecule has 0 unspecified atom stereocenters. The molecule has 7 heteroatoms. The number of nitrogens with one attached hydrogen (secondary N) is 2. The molecule has 0 aromatic heterocycles. The van der Waals surface area contributed by atoms with Gasteiger partial charge in [0.05, 0.1) is 7.11 Å². The molecule has 0 aliphatic carbocycles. The number of benzene rings is 1. The van der Waals surface area contributed by atoms with E-state index in [1.165, 1.54) is 7.11 Å². The molecule has 1 aliphatic heterocycles. The summed E-state index contributed by atoms with van der Waals surface area (Å²) in [5.41, 5.74) is 2.17. The second-order valence-corrected chi connectivity index (χ2v) is 7.24. The van der Waals surface area contributed by atoms with Gasteiger partial charge in [-0.2, -0.15) is 0 Å². The second kappa shape index (κ2) is 8.25. The summed E-state index contributed by atoms with van der Waals surface area (Å²) in [6.45, 7) is 10.7. The number of rotatable bonds is 3. The summed E-state index contributed by atoms with van der Waals surface area (Å²) in [7, 11) is 3.16. The zero-order chi connectivity index (χ0) is 18.0. The predicted molar refractivity (Wildman–Crippen MR) is 113 cm³/mol. The molecule has 25 heavy (non-hydrogen) atoms. The van der Waals surface area contributed by atoms with Crippen molar-refractivity contribution in [2.45, 2.75) is 39.8 Å². The van der Waals surface area contributed by atoms with Crippen LogP contribution in [0.5, 0.6) is 0 Å². The molecule has 2 N–H and O–H groups in total. The maximum atomic E-state index is 11.2. The molecule has 0 saturated carbocycles. The summed E-state index contributed by atoms with van der Waals surface area (Å²) in [4.78, 5) is 17.9. The maximum Gasteiger partial charge on any atom is 0.411 e. The smallest absolute Gasteiger partial charge is 0.411 e. The fourth-order valence-electron chi connectivity index (χ4n) is 2.75. The molecular formula is C18H29IN4O2. The van der Waals surface area contributed by atoms with Crippen LogP contribution in [-0.4, -0.2) is 43.2 Å². The standard InChI is InChI=1S/C18H28N4O2.HI/c1-17(2)12-22(18(17,3)4)15(19-5)20-11-13-7-9-14(10-8-13)21-16(23)24-6;/h7-10H,11-12H2,1-6H3,(H,19,20)(H,21,23);1H. The lowest BCUT2D eigenvalue weighted by atomic mass is 9.65. The number of halogens is 1. The fraction of sp³-hybridized carbons (Fsp3) is 0.556. The molecule has 1 aromatic carbocycles. The topological polar surface area (TPSA) is 66.0 Å². The summed E-state index contributed by atoms with van der Waals surface area (Å²) in [5, 5.41) is 6.05. The van der Waals surface area contributed by atoms with Crippen molar-refractivity contribution >= 4 is 41.7 Å². The van der Waals surface area contributed by atoms with Crippen LogP contribution in [-0.2, 0) is 11.3 Å². The van der Waals surface area contributed by atoms with E-state index in [9.17, 15) is 4.79 Å². The van der Waals surface area contributed by atoms with E-state index in [1.54, 1.807) is 0 Å². The van der Waals surface area contributed by atoms with Gasteiger partial charge in [0.2, 0.25) is 0 Å². The van der Waals surface area contributed by atoms with Crippen molar-refractivity contribution in [3.8, 4) is 0 Å². The number of methoxy groups -OCH3 is 1. The van der Waals surface area contributed by atoms with Gasteiger partial charge in [-0.3, -0.25) is 10.3 Å². The summed E-state index contributed by atoms with van der Waals surface area (Å²) in [5.74, 6) is 0.913.